The fourth-order valence-corrected chi connectivity index (χ4v) is 3.18. The summed E-state index contributed by atoms with van der Waals surface area (Å²) in [6.07, 6.45) is 7.21. The first kappa shape index (κ1) is 17.6. The van der Waals surface area contributed by atoms with Crippen LogP contribution in [0.15, 0.2) is 36.9 Å². The molecule has 1 fully saturated rings. The molecule has 1 aliphatic rings. The molecule has 0 radical (unpaired) electrons. The minimum atomic E-state index is -0.227. The minimum absolute atomic E-state index is 0.0645. The molecule has 1 amide bonds. The van der Waals surface area contributed by atoms with Gasteiger partial charge in [-0.2, -0.15) is 5.10 Å². The number of anilines is 1. The number of hydrogen-bond donors (Lipinski definition) is 1. The van der Waals surface area contributed by atoms with Gasteiger partial charge in [0.2, 0.25) is 5.91 Å². The Morgan fingerprint density at radius 3 is 2.67 bits per heavy atom. The largest absolute Gasteiger partial charge is 0.379 e. The zero-order valence-electron chi connectivity index (χ0n) is 15.4. The van der Waals surface area contributed by atoms with Crippen molar-refractivity contribution in [3.8, 4) is 11.3 Å². The molecule has 4 rings (SSSR count). The number of aromatic nitrogens is 4. The van der Waals surface area contributed by atoms with Crippen LogP contribution >= 0.6 is 0 Å². The molecule has 3 aromatic heterocycles. The summed E-state index contributed by atoms with van der Waals surface area (Å²) in [6.45, 7) is 4.76. The fourth-order valence-electron chi connectivity index (χ4n) is 3.18. The zero-order chi connectivity index (χ0) is 18.8. The summed E-state index contributed by atoms with van der Waals surface area (Å²) in [7, 11) is 1.87. The van der Waals surface area contributed by atoms with E-state index in [1.807, 2.05) is 32.3 Å². The maximum absolute atomic E-state index is 12.6. The van der Waals surface area contributed by atoms with Gasteiger partial charge in [-0.25, -0.2) is 4.98 Å². The molecule has 4 heterocycles. The third kappa shape index (κ3) is 3.81. The number of aryl methyl sites for hydroxylation is 1. The molecule has 1 aliphatic heterocycles. The SMILES string of the molecule is CC(C(=O)Nc1cc2cc(-c3cnn(C)c3)ncc2cn1)N1CCOCC1. The number of pyridine rings is 2. The number of nitrogens with one attached hydrogen (secondary N) is 1. The molecule has 140 valence electrons. The molecular formula is C19H22N6O2. The van der Waals surface area contributed by atoms with Gasteiger partial charge in [-0.15, -0.1) is 0 Å². The van der Waals surface area contributed by atoms with Crippen LogP contribution in [-0.4, -0.2) is 62.9 Å². The van der Waals surface area contributed by atoms with Gasteiger partial charge in [-0.1, -0.05) is 0 Å². The van der Waals surface area contributed by atoms with Crippen LogP contribution in [0.1, 0.15) is 6.92 Å². The predicted octanol–water partition coefficient (Wildman–Crippen LogP) is 1.69. The van der Waals surface area contributed by atoms with Crippen LogP contribution in [0.4, 0.5) is 5.82 Å². The number of amides is 1. The quantitative estimate of drug-likeness (QED) is 0.756. The number of carbonyl (C=O) groups is 1. The summed E-state index contributed by atoms with van der Waals surface area (Å²) < 4.78 is 7.09. The van der Waals surface area contributed by atoms with E-state index in [4.69, 9.17) is 4.74 Å². The van der Waals surface area contributed by atoms with Crippen LogP contribution in [0.5, 0.6) is 0 Å². The van der Waals surface area contributed by atoms with Crippen molar-refractivity contribution in [2.24, 2.45) is 7.05 Å². The van der Waals surface area contributed by atoms with Crippen molar-refractivity contribution in [2.45, 2.75) is 13.0 Å². The second-order valence-electron chi connectivity index (χ2n) is 6.70. The Morgan fingerprint density at radius 1 is 1.15 bits per heavy atom. The molecule has 0 aromatic carbocycles. The maximum Gasteiger partial charge on any atom is 0.242 e. The zero-order valence-corrected chi connectivity index (χ0v) is 15.4. The van der Waals surface area contributed by atoms with Crippen LogP contribution in [-0.2, 0) is 16.6 Å². The number of fused-ring (bicyclic) bond motifs is 1. The van der Waals surface area contributed by atoms with Crippen LogP contribution in [0.3, 0.4) is 0 Å². The van der Waals surface area contributed by atoms with Crippen LogP contribution in [0.25, 0.3) is 22.0 Å². The summed E-state index contributed by atoms with van der Waals surface area (Å²) in [5.41, 5.74) is 1.78. The van der Waals surface area contributed by atoms with Gasteiger partial charge in [0.25, 0.3) is 0 Å². The highest BCUT2D eigenvalue weighted by Gasteiger charge is 2.23. The van der Waals surface area contributed by atoms with E-state index in [-0.39, 0.29) is 11.9 Å². The second-order valence-corrected chi connectivity index (χ2v) is 6.70. The lowest BCUT2D eigenvalue weighted by molar-refractivity contribution is -0.122. The topological polar surface area (TPSA) is 85.2 Å². The summed E-state index contributed by atoms with van der Waals surface area (Å²) in [4.78, 5) is 23.5. The molecule has 1 unspecified atom stereocenters. The van der Waals surface area contributed by atoms with Gasteiger partial charge < -0.3 is 10.1 Å². The van der Waals surface area contributed by atoms with E-state index >= 15 is 0 Å². The average Bonchev–Trinajstić information content (AvgIpc) is 3.14. The summed E-state index contributed by atoms with van der Waals surface area (Å²) >= 11 is 0. The van der Waals surface area contributed by atoms with Gasteiger partial charge in [0, 0.05) is 49.7 Å². The fraction of sp³-hybridized carbons (Fsp3) is 0.368. The number of hydrogen-bond acceptors (Lipinski definition) is 6. The third-order valence-corrected chi connectivity index (χ3v) is 4.83. The van der Waals surface area contributed by atoms with Crippen molar-refractivity contribution >= 4 is 22.5 Å². The number of rotatable bonds is 4. The van der Waals surface area contributed by atoms with E-state index in [0.717, 1.165) is 35.1 Å². The van der Waals surface area contributed by atoms with Crippen LogP contribution in [0, 0.1) is 0 Å². The lowest BCUT2D eigenvalue weighted by atomic mass is 10.1. The van der Waals surface area contributed by atoms with Gasteiger partial charge in [0.05, 0.1) is 31.1 Å². The number of carbonyl (C=O) groups excluding carboxylic acids is 1. The Bertz CT molecular complexity index is 964. The van der Waals surface area contributed by atoms with Crippen molar-refractivity contribution in [3.63, 3.8) is 0 Å². The third-order valence-electron chi connectivity index (χ3n) is 4.83. The van der Waals surface area contributed by atoms with Gasteiger partial charge in [-0.3, -0.25) is 19.4 Å². The highest BCUT2D eigenvalue weighted by Crippen LogP contribution is 2.23. The molecule has 0 bridgehead atoms. The highest BCUT2D eigenvalue weighted by molar-refractivity contribution is 5.96. The van der Waals surface area contributed by atoms with Crippen molar-refractivity contribution in [2.75, 3.05) is 31.6 Å². The van der Waals surface area contributed by atoms with Gasteiger partial charge in [0.15, 0.2) is 0 Å². The molecule has 1 N–H and O–H groups in total. The van der Waals surface area contributed by atoms with Crippen molar-refractivity contribution in [1.82, 2.24) is 24.6 Å². The molecule has 1 saturated heterocycles. The van der Waals surface area contributed by atoms with E-state index in [1.54, 1.807) is 23.3 Å². The first-order valence-corrected chi connectivity index (χ1v) is 8.97. The Labute approximate surface area is 157 Å². The number of ether oxygens (including phenoxy) is 1. The molecule has 1 atom stereocenters. The number of nitrogens with zero attached hydrogens (tertiary/aromatic N) is 5. The summed E-state index contributed by atoms with van der Waals surface area (Å²) in [5.74, 6) is 0.473. The standard InChI is InChI=1S/C19H22N6O2/c1-13(25-3-5-27-6-4-25)19(26)23-18-8-14-7-17(16-11-22-24(2)12-16)20-9-15(14)10-21-18/h7-13H,3-6H2,1-2H3,(H,21,23,26). The summed E-state index contributed by atoms with van der Waals surface area (Å²) in [6, 6.07) is 3.63. The lowest BCUT2D eigenvalue weighted by Gasteiger charge is -2.31. The van der Waals surface area contributed by atoms with Gasteiger partial charge >= 0.3 is 0 Å². The van der Waals surface area contributed by atoms with Gasteiger partial charge in [-0.05, 0) is 24.4 Å². The smallest absolute Gasteiger partial charge is 0.242 e. The number of morpholine rings is 1. The molecule has 3 aromatic rings. The van der Waals surface area contributed by atoms with E-state index in [2.05, 4.69) is 25.3 Å². The predicted molar refractivity (Wildman–Crippen MR) is 102 cm³/mol. The van der Waals surface area contributed by atoms with E-state index in [0.29, 0.717) is 19.0 Å². The van der Waals surface area contributed by atoms with Crippen LogP contribution < -0.4 is 5.32 Å². The Kier molecular flexibility index (Phi) is 4.83. The van der Waals surface area contributed by atoms with Crippen molar-refractivity contribution < 1.29 is 9.53 Å². The molecular weight excluding hydrogens is 344 g/mol. The molecule has 8 heteroatoms. The van der Waals surface area contributed by atoms with E-state index < -0.39 is 0 Å². The Balaban J connectivity index is 1.54. The normalized spacial score (nSPS) is 16.4. The summed E-state index contributed by atoms with van der Waals surface area (Å²) in [5, 5.41) is 9.00. The van der Waals surface area contributed by atoms with Gasteiger partial charge in [0.1, 0.15) is 5.82 Å². The molecule has 8 nitrogen and oxygen atoms in total. The molecule has 0 spiro atoms. The van der Waals surface area contributed by atoms with E-state index in [9.17, 15) is 4.79 Å². The average molecular weight is 366 g/mol. The first-order chi connectivity index (χ1) is 13.1. The van der Waals surface area contributed by atoms with Crippen molar-refractivity contribution in [3.05, 3.63) is 36.9 Å². The lowest BCUT2D eigenvalue weighted by Crippen LogP contribution is -2.47. The molecule has 0 saturated carbocycles. The highest BCUT2D eigenvalue weighted by atomic mass is 16.5. The minimum Gasteiger partial charge on any atom is -0.379 e. The molecule has 0 aliphatic carbocycles. The van der Waals surface area contributed by atoms with Crippen LogP contribution in [0.2, 0.25) is 0 Å². The van der Waals surface area contributed by atoms with Crippen molar-refractivity contribution in [1.29, 1.82) is 0 Å². The second kappa shape index (κ2) is 7.42. The first-order valence-electron chi connectivity index (χ1n) is 8.97. The molecule has 27 heavy (non-hydrogen) atoms. The monoisotopic (exact) mass is 366 g/mol. The Morgan fingerprint density at radius 2 is 1.93 bits per heavy atom. The maximum atomic E-state index is 12.6. The Hall–Kier alpha value is -2.84. The van der Waals surface area contributed by atoms with E-state index in [1.165, 1.54) is 0 Å².